The van der Waals surface area contributed by atoms with Crippen molar-refractivity contribution in [3.05, 3.63) is 71.4 Å². The van der Waals surface area contributed by atoms with Gasteiger partial charge >= 0.3 is 0 Å². The largest absolute Gasteiger partial charge is 0.463 e. The van der Waals surface area contributed by atoms with Crippen molar-refractivity contribution in [3.63, 3.8) is 0 Å². The van der Waals surface area contributed by atoms with Crippen LogP contribution in [0.25, 0.3) is 22.6 Å². The van der Waals surface area contributed by atoms with Gasteiger partial charge in [0.2, 0.25) is 0 Å². The molecular weight excluding hydrogens is 344 g/mol. The van der Waals surface area contributed by atoms with E-state index in [1.807, 2.05) is 6.92 Å². The SMILES string of the molecule is C=CCNC(=O)c1cc(-c2ccc(=O)n(CC)c2)c(-c2ccco2)nc1N. The highest BCUT2D eigenvalue weighted by Crippen LogP contribution is 2.33. The fraction of sp³-hybridized carbons (Fsp3) is 0.150. The summed E-state index contributed by atoms with van der Waals surface area (Å²) in [5, 5.41) is 2.70. The van der Waals surface area contributed by atoms with Crippen LogP contribution >= 0.6 is 0 Å². The second-order valence-electron chi connectivity index (χ2n) is 5.84. The van der Waals surface area contributed by atoms with Crippen LogP contribution in [0.4, 0.5) is 5.82 Å². The molecule has 3 aromatic rings. The molecule has 0 saturated carbocycles. The first-order valence-electron chi connectivity index (χ1n) is 8.49. The molecule has 3 aromatic heterocycles. The zero-order valence-corrected chi connectivity index (χ0v) is 14.9. The van der Waals surface area contributed by atoms with Crippen molar-refractivity contribution in [1.82, 2.24) is 14.9 Å². The van der Waals surface area contributed by atoms with E-state index in [0.29, 0.717) is 30.1 Å². The normalized spacial score (nSPS) is 10.6. The van der Waals surface area contributed by atoms with Gasteiger partial charge in [-0.15, -0.1) is 6.58 Å². The number of amides is 1. The summed E-state index contributed by atoms with van der Waals surface area (Å²) in [4.78, 5) is 28.8. The lowest BCUT2D eigenvalue weighted by atomic mass is 10.0. The molecule has 7 heteroatoms. The zero-order valence-electron chi connectivity index (χ0n) is 14.9. The Bertz CT molecular complexity index is 1040. The Kier molecular flexibility index (Phi) is 5.21. The van der Waals surface area contributed by atoms with Crippen LogP contribution in [0.5, 0.6) is 0 Å². The molecule has 0 atom stereocenters. The first kappa shape index (κ1) is 18.2. The number of pyridine rings is 2. The maximum Gasteiger partial charge on any atom is 0.255 e. The van der Waals surface area contributed by atoms with Gasteiger partial charge < -0.3 is 20.0 Å². The summed E-state index contributed by atoms with van der Waals surface area (Å²) in [7, 11) is 0. The summed E-state index contributed by atoms with van der Waals surface area (Å²) in [6.07, 6.45) is 4.85. The fourth-order valence-electron chi connectivity index (χ4n) is 2.73. The molecule has 3 rings (SSSR count). The summed E-state index contributed by atoms with van der Waals surface area (Å²) in [5.41, 5.74) is 8.05. The van der Waals surface area contributed by atoms with Gasteiger partial charge in [-0.25, -0.2) is 4.98 Å². The van der Waals surface area contributed by atoms with Crippen LogP contribution in [-0.2, 0) is 6.54 Å². The molecular formula is C20H20N4O3. The average Bonchev–Trinajstić information content (AvgIpc) is 3.21. The molecule has 0 aliphatic rings. The molecule has 0 aliphatic carbocycles. The molecule has 0 unspecified atom stereocenters. The summed E-state index contributed by atoms with van der Waals surface area (Å²) in [6, 6.07) is 8.35. The Morgan fingerprint density at radius 3 is 2.89 bits per heavy atom. The van der Waals surface area contributed by atoms with Gasteiger partial charge in [0.25, 0.3) is 11.5 Å². The van der Waals surface area contributed by atoms with Crippen molar-refractivity contribution in [2.75, 3.05) is 12.3 Å². The highest BCUT2D eigenvalue weighted by atomic mass is 16.3. The molecule has 0 radical (unpaired) electrons. The van der Waals surface area contributed by atoms with Crippen LogP contribution in [0.15, 0.2) is 64.7 Å². The maximum absolute atomic E-state index is 12.4. The zero-order chi connectivity index (χ0) is 19.4. The number of nitrogens with zero attached hydrogens (tertiary/aromatic N) is 2. The standard InChI is InChI=1S/C20H20N4O3/c1-3-9-22-20(26)15-11-14(13-7-8-17(25)24(4-2)12-13)18(23-19(15)21)16-6-5-10-27-16/h3,5-8,10-12H,1,4,9H2,2H3,(H2,21,23)(H,22,26). The van der Waals surface area contributed by atoms with E-state index in [1.165, 1.54) is 12.3 Å². The number of furan rings is 1. The van der Waals surface area contributed by atoms with Crippen LogP contribution in [0.2, 0.25) is 0 Å². The van der Waals surface area contributed by atoms with E-state index in [2.05, 4.69) is 16.9 Å². The minimum atomic E-state index is -0.351. The van der Waals surface area contributed by atoms with Crippen molar-refractivity contribution < 1.29 is 9.21 Å². The van der Waals surface area contributed by atoms with Crippen LogP contribution < -0.4 is 16.6 Å². The Hall–Kier alpha value is -3.61. The third kappa shape index (κ3) is 3.67. The molecule has 1 amide bonds. The number of aryl methyl sites for hydroxylation is 1. The highest BCUT2D eigenvalue weighted by Gasteiger charge is 2.19. The first-order valence-corrected chi connectivity index (χ1v) is 8.49. The van der Waals surface area contributed by atoms with E-state index in [0.717, 1.165) is 5.56 Å². The van der Waals surface area contributed by atoms with Gasteiger partial charge in [0.05, 0.1) is 11.8 Å². The second-order valence-corrected chi connectivity index (χ2v) is 5.84. The third-order valence-corrected chi connectivity index (χ3v) is 4.09. The highest BCUT2D eigenvalue weighted by molar-refractivity contribution is 6.01. The monoisotopic (exact) mass is 364 g/mol. The topological polar surface area (TPSA) is 103 Å². The quantitative estimate of drug-likeness (QED) is 0.655. The lowest BCUT2D eigenvalue weighted by Crippen LogP contribution is -2.25. The smallest absolute Gasteiger partial charge is 0.255 e. The molecule has 0 aromatic carbocycles. The van der Waals surface area contributed by atoms with Gasteiger partial charge in [0, 0.05) is 36.5 Å². The summed E-state index contributed by atoms with van der Waals surface area (Å²) in [5.74, 6) is 0.260. The molecule has 0 saturated heterocycles. The Labute approximate surface area is 156 Å². The summed E-state index contributed by atoms with van der Waals surface area (Å²) < 4.78 is 7.06. The van der Waals surface area contributed by atoms with Crippen LogP contribution in [-0.4, -0.2) is 22.0 Å². The van der Waals surface area contributed by atoms with Gasteiger partial charge in [-0.3, -0.25) is 9.59 Å². The van der Waals surface area contributed by atoms with Crippen molar-refractivity contribution in [1.29, 1.82) is 0 Å². The number of nitrogens with one attached hydrogen (secondary N) is 1. The summed E-state index contributed by atoms with van der Waals surface area (Å²) in [6.45, 7) is 6.31. The van der Waals surface area contributed by atoms with Crippen molar-refractivity contribution >= 4 is 11.7 Å². The van der Waals surface area contributed by atoms with E-state index in [1.54, 1.807) is 41.1 Å². The Balaban J connectivity index is 2.21. The molecule has 3 N–H and O–H groups in total. The van der Waals surface area contributed by atoms with Gasteiger partial charge in [-0.1, -0.05) is 6.08 Å². The van der Waals surface area contributed by atoms with Gasteiger partial charge in [0.15, 0.2) is 5.76 Å². The molecule has 0 aliphatic heterocycles. The van der Waals surface area contributed by atoms with Gasteiger partial charge in [-0.2, -0.15) is 0 Å². The van der Waals surface area contributed by atoms with Crippen molar-refractivity contribution in [2.24, 2.45) is 0 Å². The van der Waals surface area contributed by atoms with E-state index < -0.39 is 0 Å². The molecule has 7 nitrogen and oxygen atoms in total. The van der Waals surface area contributed by atoms with Gasteiger partial charge in [0.1, 0.15) is 11.5 Å². The predicted octanol–water partition coefficient (Wildman–Crippen LogP) is 2.69. The van der Waals surface area contributed by atoms with Crippen LogP contribution in [0.3, 0.4) is 0 Å². The molecule has 0 bridgehead atoms. The number of hydrogen-bond donors (Lipinski definition) is 2. The van der Waals surface area contributed by atoms with Gasteiger partial charge in [-0.05, 0) is 31.2 Å². The van der Waals surface area contributed by atoms with E-state index in [9.17, 15) is 9.59 Å². The second kappa shape index (κ2) is 7.74. The third-order valence-electron chi connectivity index (χ3n) is 4.09. The lowest BCUT2D eigenvalue weighted by Gasteiger charge is -2.13. The number of hydrogen-bond acceptors (Lipinski definition) is 5. The minimum Gasteiger partial charge on any atom is -0.463 e. The molecule has 0 spiro atoms. The van der Waals surface area contributed by atoms with E-state index >= 15 is 0 Å². The minimum absolute atomic E-state index is 0.0931. The number of rotatable bonds is 6. The first-order chi connectivity index (χ1) is 13.0. The van der Waals surface area contributed by atoms with Crippen LogP contribution in [0.1, 0.15) is 17.3 Å². The fourth-order valence-corrected chi connectivity index (χ4v) is 2.73. The van der Waals surface area contributed by atoms with Crippen molar-refractivity contribution in [3.8, 4) is 22.6 Å². The van der Waals surface area contributed by atoms with E-state index in [-0.39, 0.29) is 22.8 Å². The number of aromatic nitrogens is 2. The lowest BCUT2D eigenvalue weighted by molar-refractivity contribution is 0.0958. The molecule has 3 heterocycles. The number of carbonyl (C=O) groups is 1. The number of nitrogens with two attached hydrogens (primary N) is 1. The average molecular weight is 364 g/mol. The number of anilines is 1. The Morgan fingerprint density at radius 1 is 1.41 bits per heavy atom. The predicted molar refractivity (Wildman–Crippen MR) is 104 cm³/mol. The van der Waals surface area contributed by atoms with E-state index in [4.69, 9.17) is 10.2 Å². The number of nitrogen functional groups attached to an aromatic ring is 1. The molecule has 27 heavy (non-hydrogen) atoms. The van der Waals surface area contributed by atoms with Crippen molar-refractivity contribution in [2.45, 2.75) is 13.5 Å². The molecule has 0 fully saturated rings. The summed E-state index contributed by atoms with van der Waals surface area (Å²) >= 11 is 0. The number of carbonyl (C=O) groups excluding carboxylic acids is 1. The Morgan fingerprint density at radius 2 is 2.22 bits per heavy atom. The maximum atomic E-state index is 12.4. The molecule has 138 valence electrons. The van der Waals surface area contributed by atoms with Crippen LogP contribution in [0, 0.1) is 0 Å².